The number of hydrogen-bond acceptors (Lipinski definition) is 6. The van der Waals surface area contributed by atoms with Crippen LogP contribution >= 0.6 is 27.7 Å². The Balaban J connectivity index is 1.42. The van der Waals surface area contributed by atoms with Gasteiger partial charge in [-0.25, -0.2) is 0 Å². The second kappa shape index (κ2) is 15.4. The van der Waals surface area contributed by atoms with Gasteiger partial charge in [0.15, 0.2) is 0 Å². The van der Waals surface area contributed by atoms with E-state index in [1.165, 1.54) is 0 Å². The largest absolute Gasteiger partial charge is 0.494 e. The molecule has 10 heteroatoms. The second-order valence-electron chi connectivity index (χ2n) is 13.7. The summed E-state index contributed by atoms with van der Waals surface area (Å²) in [4.78, 5) is 50.4. The highest BCUT2D eigenvalue weighted by Gasteiger charge is 2.76. The zero-order valence-electron chi connectivity index (χ0n) is 28.3. The fraction of sp³-hybridized carbons (Fsp3) is 0.513. The van der Waals surface area contributed by atoms with Crippen LogP contribution in [0.15, 0.2) is 79.9 Å². The quantitative estimate of drug-likeness (QED) is 0.188. The van der Waals surface area contributed by atoms with E-state index in [0.29, 0.717) is 37.4 Å². The van der Waals surface area contributed by atoms with Crippen LogP contribution in [0.5, 0.6) is 5.75 Å². The lowest BCUT2D eigenvalue weighted by Crippen LogP contribution is -2.60. The number of likely N-dealkylation sites (tertiary alicyclic amines) is 1. The van der Waals surface area contributed by atoms with E-state index in [0.717, 1.165) is 37.7 Å². The predicted molar refractivity (Wildman–Crippen MR) is 199 cm³/mol. The summed E-state index contributed by atoms with van der Waals surface area (Å²) < 4.78 is 4.81. The van der Waals surface area contributed by atoms with Crippen molar-refractivity contribution >= 4 is 51.1 Å². The number of nitrogens with zero attached hydrogens (tertiary/aromatic N) is 3. The summed E-state index contributed by atoms with van der Waals surface area (Å²) >= 11 is 5.56. The van der Waals surface area contributed by atoms with E-state index in [4.69, 9.17) is 4.74 Å². The van der Waals surface area contributed by atoms with Crippen molar-refractivity contribution < 1.29 is 24.2 Å². The van der Waals surface area contributed by atoms with Crippen molar-refractivity contribution in [1.29, 1.82) is 0 Å². The Morgan fingerprint density at radius 1 is 1.06 bits per heavy atom. The predicted octanol–water partition coefficient (Wildman–Crippen LogP) is 6.02. The Morgan fingerprint density at radius 3 is 2.39 bits per heavy atom. The molecule has 1 spiro atoms. The van der Waals surface area contributed by atoms with E-state index in [9.17, 15) is 9.90 Å². The summed E-state index contributed by atoms with van der Waals surface area (Å²) in [5.41, 5.74) is 1.67. The van der Waals surface area contributed by atoms with E-state index >= 15 is 9.59 Å². The van der Waals surface area contributed by atoms with Gasteiger partial charge in [-0.05, 0) is 62.4 Å². The van der Waals surface area contributed by atoms with Gasteiger partial charge >= 0.3 is 0 Å². The van der Waals surface area contributed by atoms with E-state index in [2.05, 4.69) is 29.1 Å². The first-order valence-corrected chi connectivity index (χ1v) is 19.4. The number of alkyl halides is 1. The molecule has 8 nitrogen and oxygen atoms in total. The molecular formula is C39H48BrN3O5S. The standard InChI is InChI=1S/C39H48BrN3O5S/c1-4-21-41(28-17-19-30(20-18-28)48-6-3)36(45)32-33-37(46)43(29(25-44)23-26-13-9-7-10-14-26)35(39(33)24-31(40)34(32)49-39)38(47)42(22-5-2)27-15-11-8-12-16-27/h4-5,7,9-10,13-14,17-20,27,29,31-35,44H,1-2,6,8,11-12,15-16,21-25H2,3H3/t29-,31?,32+,33+,34+,35?,39?/m1/s1. The minimum Gasteiger partial charge on any atom is -0.494 e. The molecule has 3 heterocycles. The second-order valence-corrected chi connectivity index (χ2v) is 16.4. The topological polar surface area (TPSA) is 90.4 Å². The Hall–Kier alpha value is -3.08. The van der Waals surface area contributed by atoms with Crippen LogP contribution in [0.25, 0.3) is 0 Å². The summed E-state index contributed by atoms with van der Waals surface area (Å²) in [6, 6.07) is 15.8. The van der Waals surface area contributed by atoms with E-state index in [-0.39, 0.29) is 47.0 Å². The molecule has 3 saturated heterocycles. The average molecular weight is 751 g/mol. The van der Waals surface area contributed by atoms with Gasteiger partial charge in [0, 0.05) is 34.9 Å². The number of anilines is 1. The molecule has 4 fully saturated rings. The molecule has 4 aliphatic rings. The third-order valence-corrected chi connectivity index (χ3v) is 14.0. The molecule has 262 valence electrons. The molecule has 49 heavy (non-hydrogen) atoms. The van der Waals surface area contributed by atoms with Crippen LogP contribution < -0.4 is 9.64 Å². The lowest BCUT2D eigenvalue weighted by Gasteiger charge is -2.43. The van der Waals surface area contributed by atoms with Crippen LogP contribution in [0.2, 0.25) is 0 Å². The lowest BCUT2D eigenvalue weighted by atomic mass is 9.70. The SMILES string of the molecule is C=CCN(C(=O)[C@H]1[C@H]2C(=O)N([C@@H](CO)Cc3ccccc3)C(C(=O)N(CC=C)C3CCCCC3)C23CC(Br)[C@@H]1S3)c1ccc(OCC)cc1. The van der Waals surface area contributed by atoms with Gasteiger partial charge < -0.3 is 24.5 Å². The van der Waals surface area contributed by atoms with E-state index in [1.54, 1.807) is 33.7 Å². The Kier molecular flexibility index (Phi) is 11.3. The smallest absolute Gasteiger partial charge is 0.247 e. The summed E-state index contributed by atoms with van der Waals surface area (Å²) in [5, 5.41) is 10.7. The van der Waals surface area contributed by atoms with Gasteiger partial charge in [0.05, 0.1) is 35.8 Å². The number of carbonyl (C=O) groups is 3. The van der Waals surface area contributed by atoms with Gasteiger partial charge in [-0.3, -0.25) is 14.4 Å². The normalized spacial score (nSPS) is 28.2. The first-order chi connectivity index (χ1) is 23.8. The first kappa shape index (κ1) is 35.7. The van der Waals surface area contributed by atoms with Gasteiger partial charge in [0.25, 0.3) is 0 Å². The Morgan fingerprint density at radius 2 is 1.76 bits per heavy atom. The molecule has 0 radical (unpaired) electrons. The van der Waals surface area contributed by atoms with Crippen LogP contribution in [0.1, 0.15) is 51.0 Å². The fourth-order valence-corrected chi connectivity index (χ4v) is 12.4. The average Bonchev–Trinajstić information content (AvgIpc) is 3.72. The highest BCUT2D eigenvalue weighted by Crippen LogP contribution is 2.68. The molecule has 1 aliphatic carbocycles. The van der Waals surface area contributed by atoms with Crippen molar-refractivity contribution in [3.63, 3.8) is 0 Å². The van der Waals surface area contributed by atoms with Crippen molar-refractivity contribution in [3.8, 4) is 5.75 Å². The maximum atomic E-state index is 15.2. The third-order valence-electron chi connectivity index (χ3n) is 10.8. The first-order valence-electron chi connectivity index (χ1n) is 17.6. The van der Waals surface area contributed by atoms with Gasteiger partial charge in [-0.2, -0.15) is 0 Å². The summed E-state index contributed by atoms with van der Waals surface area (Å²) in [7, 11) is 0. The monoisotopic (exact) mass is 749 g/mol. The van der Waals surface area contributed by atoms with E-state index < -0.39 is 28.7 Å². The number of hydrogen-bond donors (Lipinski definition) is 1. The Labute approximate surface area is 303 Å². The number of aliphatic hydroxyl groups is 1. The van der Waals surface area contributed by atoms with Crippen molar-refractivity contribution in [3.05, 3.63) is 85.5 Å². The molecule has 2 bridgehead atoms. The molecule has 3 unspecified atom stereocenters. The number of rotatable bonds is 14. The molecule has 0 aromatic heterocycles. The number of fused-ring (bicyclic) bond motifs is 1. The van der Waals surface area contributed by atoms with Crippen LogP contribution in [0.3, 0.4) is 0 Å². The molecule has 1 saturated carbocycles. The highest BCUT2D eigenvalue weighted by atomic mass is 79.9. The number of benzene rings is 2. The minimum absolute atomic E-state index is 0.0666. The van der Waals surface area contributed by atoms with Crippen molar-refractivity contribution in [2.75, 3.05) is 31.2 Å². The summed E-state index contributed by atoms with van der Waals surface area (Å²) in [5.74, 6) is -1.13. The zero-order valence-corrected chi connectivity index (χ0v) is 30.7. The maximum Gasteiger partial charge on any atom is 0.247 e. The molecule has 2 aromatic rings. The van der Waals surface area contributed by atoms with Gasteiger partial charge in [-0.15, -0.1) is 24.9 Å². The maximum absolute atomic E-state index is 15.2. The number of ether oxygens (including phenoxy) is 1. The zero-order chi connectivity index (χ0) is 34.7. The van der Waals surface area contributed by atoms with Gasteiger partial charge in [0.1, 0.15) is 11.8 Å². The summed E-state index contributed by atoms with van der Waals surface area (Å²) in [6.45, 7) is 10.8. The van der Waals surface area contributed by atoms with Crippen LogP contribution in [-0.4, -0.2) is 91.9 Å². The third kappa shape index (κ3) is 6.61. The van der Waals surface area contributed by atoms with Crippen LogP contribution in [0.4, 0.5) is 5.69 Å². The molecule has 1 N–H and O–H groups in total. The lowest BCUT2D eigenvalue weighted by molar-refractivity contribution is -0.147. The minimum atomic E-state index is -0.829. The number of halogens is 1. The van der Waals surface area contributed by atoms with Gasteiger partial charge in [-0.1, -0.05) is 77.7 Å². The fourth-order valence-electron chi connectivity index (χ4n) is 8.79. The highest BCUT2D eigenvalue weighted by molar-refractivity contribution is 9.09. The number of carbonyl (C=O) groups excluding carboxylic acids is 3. The molecule has 6 rings (SSSR count). The van der Waals surface area contributed by atoms with Crippen molar-refractivity contribution in [2.24, 2.45) is 11.8 Å². The van der Waals surface area contributed by atoms with Crippen molar-refractivity contribution in [1.82, 2.24) is 9.80 Å². The van der Waals surface area contributed by atoms with Crippen LogP contribution in [0, 0.1) is 11.8 Å². The number of amides is 3. The van der Waals surface area contributed by atoms with Crippen LogP contribution in [-0.2, 0) is 20.8 Å². The molecule has 2 aromatic carbocycles. The van der Waals surface area contributed by atoms with Crippen molar-refractivity contribution in [2.45, 2.75) is 84.8 Å². The molecule has 7 atom stereocenters. The Bertz CT molecular complexity index is 1520. The molecule has 3 aliphatic heterocycles. The number of aliphatic hydroxyl groups excluding tert-OH is 1. The van der Waals surface area contributed by atoms with E-state index in [1.807, 2.05) is 66.4 Å². The molecular weight excluding hydrogens is 702 g/mol. The molecule has 3 amide bonds. The summed E-state index contributed by atoms with van der Waals surface area (Å²) in [6.07, 6.45) is 9.56. The van der Waals surface area contributed by atoms with Gasteiger partial charge in [0.2, 0.25) is 17.7 Å². The number of thioether (sulfide) groups is 1.